The molecule has 1 aromatic heterocycles. The first-order chi connectivity index (χ1) is 27.3. The van der Waals surface area contributed by atoms with Gasteiger partial charge in [0.2, 0.25) is 0 Å². The second-order valence-corrected chi connectivity index (χ2v) is 14.9. The first kappa shape index (κ1) is 31.7. The van der Waals surface area contributed by atoms with Crippen molar-refractivity contribution in [2.24, 2.45) is 11.8 Å². The molecule has 0 fully saturated rings. The van der Waals surface area contributed by atoms with Crippen LogP contribution in [-0.4, -0.2) is 9.55 Å². The number of aromatic nitrogens is 2. The van der Waals surface area contributed by atoms with Crippen molar-refractivity contribution in [1.29, 1.82) is 0 Å². The van der Waals surface area contributed by atoms with Crippen molar-refractivity contribution in [3.63, 3.8) is 0 Å². The standard InChI is InChI=1S/C53H38N2/c1-3-15-36(16-4-1)50-44-23-11-12-24-45(44)52(51-42-21-9-7-17-39(42)33-40-18-8-10-22-43(40)51)46-32-31-38(34-47(46)50)35-27-29-37(30-28-35)53-54-48-25-13-14-26-49(48)55(53)41-19-5-2-6-20-41/h1-10,13-34,39,42H,11-12H2. The molecule has 0 radical (unpaired) electrons. The highest BCUT2D eigenvalue weighted by Gasteiger charge is 2.29. The van der Waals surface area contributed by atoms with Crippen LogP contribution in [0.5, 0.6) is 0 Å². The van der Waals surface area contributed by atoms with Gasteiger partial charge in [-0.15, -0.1) is 0 Å². The van der Waals surface area contributed by atoms with Gasteiger partial charge in [0.15, 0.2) is 0 Å². The molecule has 0 bridgehead atoms. The summed E-state index contributed by atoms with van der Waals surface area (Å²) in [6.45, 7) is 0. The number of rotatable bonds is 5. The van der Waals surface area contributed by atoms with Gasteiger partial charge >= 0.3 is 0 Å². The van der Waals surface area contributed by atoms with Crippen molar-refractivity contribution >= 4 is 45.6 Å². The molecule has 2 atom stereocenters. The molecule has 3 aliphatic rings. The predicted octanol–water partition coefficient (Wildman–Crippen LogP) is 9.89. The van der Waals surface area contributed by atoms with E-state index in [4.69, 9.17) is 4.98 Å². The molecule has 2 heteroatoms. The molecule has 3 aliphatic carbocycles. The molecule has 2 unspecified atom stereocenters. The van der Waals surface area contributed by atoms with Crippen LogP contribution < -0.4 is 20.9 Å². The Balaban J connectivity index is 1.14. The molecule has 0 spiro atoms. The number of fused-ring (bicyclic) bond motifs is 5. The maximum atomic E-state index is 5.13. The summed E-state index contributed by atoms with van der Waals surface area (Å²) in [4.78, 5) is 5.13. The van der Waals surface area contributed by atoms with Crippen LogP contribution in [0.15, 0.2) is 176 Å². The number of hydrogen-bond donors (Lipinski definition) is 0. The lowest BCUT2D eigenvalue weighted by atomic mass is 9.73. The molecule has 0 amide bonds. The maximum Gasteiger partial charge on any atom is 0.145 e. The zero-order valence-corrected chi connectivity index (χ0v) is 30.4. The van der Waals surface area contributed by atoms with Gasteiger partial charge in [0.1, 0.15) is 5.82 Å². The number of imidazole rings is 1. The second kappa shape index (κ2) is 13.0. The van der Waals surface area contributed by atoms with Crippen molar-refractivity contribution in [1.82, 2.24) is 9.55 Å². The molecule has 11 rings (SSSR count). The first-order valence-electron chi connectivity index (χ1n) is 19.5. The fourth-order valence-electron chi connectivity index (χ4n) is 9.31. The molecule has 260 valence electrons. The number of benzene rings is 7. The van der Waals surface area contributed by atoms with Crippen LogP contribution in [0.4, 0.5) is 0 Å². The van der Waals surface area contributed by atoms with E-state index in [1.165, 1.54) is 65.0 Å². The van der Waals surface area contributed by atoms with Gasteiger partial charge < -0.3 is 0 Å². The fourth-order valence-corrected chi connectivity index (χ4v) is 9.31. The van der Waals surface area contributed by atoms with Gasteiger partial charge in [-0.2, -0.15) is 0 Å². The van der Waals surface area contributed by atoms with E-state index in [2.05, 4.69) is 199 Å². The zero-order valence-electron chi connectivity index (χ0n) is 30.4. The molecule has 8 aromatic rings. The Hall–Kier alpha value is -6.77. The third kappa shape index (κ3) is 5.21. The van der Waals surface area contributed by atoms with Crippen LogP contribution in [0.1, 0.15) is 18.4 Å². The summed E-state index contributed by atoms with van der Waals surface area (Å²) < 4.78 is 2.27. The molecule has 0 saturated carbocycles. The van der Waals surface area contributed by atoms with Crippen molar-refractivity contribution < 1.29 is 0 Å². The van der Waals surface area contributed by atoms with Crippen LogP contribution in [0.25, 0.3) is 84.9 Å². The molecule has 1 heterocycles. The van der Waals surface area contributed by atoms with Gasteiger partial charge in [0, 0.05) is 23.1 Å². The monoisotopic (exact) mass is 702 g/mol. The second-order valence-electron chi connectivity index (χ2n) is 14.9. The lowest BCUT2D eigenvalue weighted by Crippen LogP contribution is -2.41. The number of para-hydroxylation sites is 3. The smallest absolute Gasteiger partial charge is 0.145 e. The highest BCUT2D eigenvalue weighted by molar-refractivity contribution is 6.06. The lowest BCUT2D eigenvalue weighted by molar-refractivity contribution is 0.704. The Morgan fingerprint density at radius 3 is 2.04 bits per heavy atom. The third-order valence-corrected chi connectivity index (χ3v) is 11.8. The van der Waals surface area contributed by atoms with Gasteiger partial charge in [-0.3, -0.25) is 4.57 Å². The molecule has 55 heavy (non-hydrogen) atoms. The van der Waals surface area contributed by atoms with E-state index in [9.17, 15) is 0 Å². The molecular formula is C53H38N2. The van der Waals surface area contributed by atoms with Gasteiger partial charge in [-0.25, -0.2) is 4.98 Å². The van der Waals surface area contributed by atoms with Crippen LogP contribution >= 0.6 is 0 Å². The van der Waals surface area contributed by atoms with Crippen molar-refractivity contribution in [2.45, 2.75) is 12.8 Å². The van der Waals surface area contributed by atoms with E-state index >= 15 is 0 Å². The van der Waals surface area contributed by atoms with Crippen molar-refractivity contribution in [3.05, 3.63) is 202 Å². The normalized spacial score (nSPS) is 16.8. The SMILES string of the molecule is C1=CC2C=c3ccccc3=C(c3c4c(c(-c5ccccc5)c5cc(-c6ccc(-c7nc8ccccc8n7-c7ccccc7)cc6)ccc35)=CCCC=4)C2C=C1. The van der Waals surface area contributed by atoms with E-state index in [1.54, 1.807) is 0 Å². The Morgan fingerprint density at radius 1 is 0.527 bits per heavy atom. The molecular weight excluding hydrogens is 665 g/mol. The minimum atomic E-state index is 0.275. The van der Waals surface area contributed by atoms with E-state index in [-0.39, 0.29) is 5.92 Å². The summed E-state index contributed by atoms with van der Waals surface area (Å²) in [6.07, 6.45) is 18.8. The largest absolute Gasteiger partial charge is 0.292 e. The van der Waals surface area contributed by atoms with Crippen molar-refractivity contribution in [3.8, 4) is 39.3 Å². The van der Waals surface area contributed by atoms with E-state index < -0.39 is 0 Å². The molecule has 0 saturated heterocycles. The first-order valence-corrected chi connectivity index (χ1v) is 19.5. The molecule has 7 aromatic carbocycles. The molecule has 2 nitrogen and oxygen atoms in total. The minimum Gasteiger partial charge on any atom is -0.292 e. The van der Waals surface area contributed by atoms with E-state index in [0.717, 1.165) is 41.0 Å². The number of nitrogens with zero attached hydrogens (tertiary/aromatic N) is 2. The molecule has 0 aliphatic heterocycles. The summed E-state index contributed by atoms with van der Waals surface area (Å²) in [6, 6.07) is 55.1. The van der Waals surface area contributed by atoms with Crippen LogP contribution in [0.3, 0.4) is 0 Å². The third-order valence-electron chi connectivity index (χ3n) is 11.8. The maximum absolute atomic E-state index is 5.13. The Labute approximate surface area is 320 Å². The predicted molar refractivity (Wildman–Crippen MR) is 230 cm³/mol. The summed E-state index contributed by atoms with van der Waals surface area (Å²) >= 11 is 0. The lowest BCUT2D eigenvalue weighted by Gasteiger charge is -2.30. The van der Waals surface area contributed by atoms with E-state index in [0.29, 0.717) is 5.92 Å². The fraction of sp³-hybridized carbons (Fsp3) is 0.0755. The Morgan fingerprint density at radius 2 is 1.20 bits per heavy atom. The van der Waals surface area contributed by atoms with Crippen LogP contribution in [0.2, 0.25) is 0 Å². The summed E-state index contributed by atoms with van der Waals surface area (Å²) in [5, 5.41) is 8.02. The average Bonchev–Trinajstić information content (AvgIpc) is 3.65. The number of allylic oxidation sites excluding steroid dienone is 4. The summed E-state index contributed by atoms with van der Waals surface area (Å²) in [5.74, 6) is 1.55. The van der Waals surface area contributed by atoms with E-state index in [1.807, 2.05) is 0 Å². The topological polar surface area (TPSA) is 17.8 Å². The van der Waals surface area contributed by atoms with Crippen LogP contribution in [-0.2, 0) is 0 Å². The Kier molecular flexibility index (Phi) is 7.48. The summed E-state index contributed by atoms with van der Waals surface area (Å²) in [5.41, 5.74) is 12.1. The van der Waals surface area contributed by atoms with Gasteiger partial charge in [0.25, 0.3) is 0 Å². The quantitative estimate of drug-likeness (QED) is 0.175. The summed E-state index contributed by atoms with van der Waals surface area (Å²) in [7, 11) is 0. The highest BCUT2D eigenvalue weighted by atomic mass is 15.1. The molecule has 0 N–H and O–H groups in total. The number of hydrogen-bond acceptors (Lipinski definition) is 1. The van der Waals surface area contributed by atoms with Gasteiger partial charge in [0.05, 0.1) is 11.0 Å². The van der Waals surface area contributed by atoms with Crippen molar-refractivity contribution in [2.75, 3.05) is 0 Å². The van der Waals surface area contributed by atoms with Crippen LogP contribution in [0, 0.1) is 11.8 Å². The highest BCUT2D eigenvalue weighted by Crippen LogP contribution is 2.39. The minimum absolute atomic E-state index is 0.275. The average molecular weight is 703 g/mol. The Bertz CT molecular complexity index is 3130. The zero-order chi connectivity index (χ0) is 36.3. The van der Waals surface area contributed by atoms with Gasteiger partial charge in [-0.05, 0) is 108 Å². The van der Waals surface area contributed by atoms with Gasteiger partial charge in [-0.1, -0.05) is 164 Å².